The monoisotopic (exact) mass is 496 g/mol. The van der Waals surface area contributed by atoms with Crippen LogP contribution < -0.4 is 9.64 Å². The second-order valence-corrected chi connectivity index (χ2v) is 8.64. The molecule has 0 saturated carbocycles. The highest BCUT2D eigenvalue weighted by Crippen LogP contribution is 2.34. The zero-order valence-electron chi connectivity index (χ0n) is 20.8. The Bertz CT molecular complexity index is 1190. The van der Waals surface area contributed by atoms with E-state index in [1.807, 2.05) is 12.1 Å². The molecule has 0 spiro atoms. The lowest BCUT2D eigenvalue weighted by Crippen LogP contribution is -2.09. The first-order chi connectivity index (χ1) is 18.2. The molecule has 0 aliphatic rings. The molecule has 0 amide bonds. The third kappa shape index (κ3) is 7.66. The summed E-state index contributed by atoms with van der Waals surface area (Å²) in [6.07, 6.45) is 5.31. The van der Waals surface area contributed by atoms with Crippen molar-refractivity contribution in [2.24, 2.45) is 0 Å². The third-order valence-corrected chi connectivity index (χ3v) is 5.91. The number of ether oxygens (including phenoxy) is 2. The van der Waals surface area contributed by atoms with Gasteiger partial charge in [-0.15, -0.1) is 0 Å². The van der Waals surface area contributed by atoms with Gasteiger partial charge in [-0.3, -0.25) is 0 Å². The van der Waals surface area contributed by atoms with Gasteiger partial charge in [-0.1, -0.05) is 55.0 Å². The van der Waals surface area contributed by atoms with Crippen molar-refractivity contribution in [3.8, 4) is 5.75 Å². The summed E-state index contributed by atoms with van der Waals surface area (Å²) in [6, 6.07) is 32.5. The smallest absolute Gasteiger partial charge is 0.358 e. The molecule has 190 valence electrons. The van der Waals surface area contributed by atoms with E-state index in [2.05, 4.69) is 82.7 Å². The van der Waals surface area contributed by atoms with Crippen LogP contribution in [-0.2, 0) is 11.3 Å². The Hall–Kier alpha value is -4.16. The Morgan fingerprint density at radius 3 is 1.92 bits per heavy atom. The Kier molecular flexibility index (Phi) is 9.67. The van der Waals surface area contributed by atoms with Crippen molar-refractivity contribution in [1.82, 2.24) is 4.98 Å². The quantitative estimate of drug-likeness (QED) is 0.183. The van der Waals surface area contributed by atoms with Gasteiger partial charge in [0.2, 0.25) is 0 Å². The molecule has 4 aromatic rings. The molecular formula is C31H32N2O4. The van der Waals surface area contributed by atoms with Gasteiger partial charge >= 0.3 is 5.97 Å². The first-order valence-electron chi connectivity index (χ1n) is 12.6. The van der Waals surface area contributed by atoms with E-state index in [9.17, 15) is 4.79 Å². The van der Waals surface area contributed by atoms with Crippen LogP contribution in [0.5, 0.6) is 5.75 Å². The van der Waals surface area contributed by atoms with E-state index in [-0.39, 0.29) is 5.69 Å². The van der Waals surface area contributed by atoms with E-state index < -0.39 is 5.97 Å². The predicted octanol–water partition coefficient (Wildman–Crippen LogP) is 7.41. The minimum atomic E-state index is -1.08. The number of benzene rings is 3. The van der Waals surface area contributed by atoms with E-state index in [0.29, 0.717) is 25.6 Å². The van der Waals surface area contributed by atoms with Crippen molar-refractivity contribution >= 4 is 23.0 Å². The van der Waals surface area contributed by atoms with Gasteiger partial charge in [0.25, 0.3) is 0 Å². The van der Waals surface area contributed by atoms with Crippen LogP contribution in [0.15, 0.2) is 103 Å². The fourth-order valence-electron chi connectivity index (χ4n) is 4.04. The molecule has 0 radical (unpaired) electrons. The lowest BCUT2D eigenvalue weighted by Gasteiger charge is -2.25. The highest BCUT2D eigenvalue weighted by atomic mass is 16.5. The van der Waals surface area contributed by atoms with Crippen molar-refractivity contribution in [1.29, 1.82) is 0 Å². The molecule has 0 fully saturated rings. The van der Waals surface area contributed by atoms with E-state index in [1.165, 1.54) is 6.20 Å². The molecule has 37 heavy (non-hydrogen) atoms. The van der Waals surface area contributed by atoms with Gasteiger partial charge in [-0.05, 0) is 73.4 Å². The maximum atomic E-state index is 11.2. The second-order valence-electron chi connectivity index (χ2n) is 8.64. The number of carboxylic acid groups (broad SMARTS) is 1. The number of para-hydroxylation sites is 2. The number of rotatable bonds is 14. The molecule has 1 N–H and O–H groups in total. The van der Waals surface area contributed by atoms with Crippen molar-refractivity contribution < 1.29 is 19.4 Å². The minimum Gasteiger partial charge on any atom is -0.491 e. The molecule has 6 nitrogen and oxygen atoms in total. The summed E-state index contributed by atoms with van der Waals surface area (Å²) < 4.78 is 11.5. The van der Waals surface area contributed by atoms with Gasteiger partial charge in [0.15, 0.2) is 11.4 Å². The van der Waals surface area contributed by atoms with Gasteiger partial charge in [0.1, 0.15) is 0 Å². The van der Waals surface area contributed by atoms with Crippen molar-refractivity contribution in [3.05, 3.63) is 115 Å². The molecule has 3 aromatic carbocycles. The number of carboxylic acids is 1. The normalized spacial score (nSPS) is 10.7. The lowest BCUT2D eigenvalue weighted by molar-refractivity contribution is 0.0685. The summed E-state index contributed by atoms with van der Waals surface area (Å²) in [5.41, 5.74) is 4.43. The molecule has 6 heteroatoms. The molecule has 0 aliphatic carbocycles. The van der Waals surface area contributed by atoms with Crippen LogP contribution in [0, 0.1) is 0 Å². The Morgan fingerprint density at radius 2 is 1.30 bits per heavy atom. The molecular weight excluding hydrogens is 464 g/mol. The summed E-state index contributed by atoms with van der Waals surface area (Å²) in [4.78, 5) is 17.3. The molecule has 0 unspecified atom stereocenters. The minimum absolute atomic E-state index is 0.0447. The van der Waals surface area contributed by atoms with Crippen LogP contribution in [0.25, 0.3) is 0 Å². The number of aromatic nitrogens is 1. The van der Waals surface area contributed by atoms with E-state index in [1.54, 1.807) is 12.1 Å². The Balaban J connectivity index is 1.17. The summed E-state index contributed by atoms with van der Waals surface area (Å²) in [6.45, 7) is 1.76. The summed E-state index contributed by atoms with van der Waals surface area (Å²) in [5, 5.41) is 9.15. The number of hydrogen-bond donors (Lipinski definition) is 1. The zero-order valence-corrected chi connectivity index (χ0v) is 20.8. The largest absolute Gasteiger partial charge is 0.491 e. The molecule has 4 rings (SSSR count). The van der Waals surface area contributed by atoms with Crippen LogP contribution >= 0.6 is 0 Å². The van der Waals surface area contributed by atoms with Crippen LogP contribution in [-0.4, -0.2) is 29.3 Å². The lowest BCUT2D eigenvalue weighted by atomic mass is 10.1. The SMILES string of the molecule is O=C(O)c1ncccc1OCCCCCCOCc1ccc(N(c2ccccc2)c2ccccc2)cc1. The summed E-state index contributed by atoms with van der Waals surface area (Å²) in [5.74, 6) is -0.757. The van der Waals surface area contributed by atoms with Crippen LogP contribution in [0.1, 0.15) is 41.7 Å². The molecule has 0 aliphatic heterocycles. The maximum Gasteiger partial charge on any atom is 0.358 e. The van der Waals surface area contributed by atoms with Crippen molar-refractivity contribution in [2.45, 2.75) is 32.3 Å². The van der Waals surface area contributed by atoms with Crippen molar-refractivity contribution in [2.75, 3.05) is 18.1 Å². The first kappa shape index (κ1) is 25.9. The number of unbranched alkanes of at least 4 members (excludes halogenated alkanes) is 3. The Morgan fingerprint density at radius 1 is 0.703 bits per heavy atom. The molecule has 1 heterocycles. The number of anilines is 3. The average molecular weight is 497 g/mol. The number of nitrogens with zero attached hydrogens (tertiary/aromatic N) is 2. The predicted molar refractivity (Wildman–Crippen MR) is 146 cm³/mol. The van der Waals surface area contributed by atoms with Crippen LogP contribution in [0.2, 0.25) is 0 Å². The van der Waals surface area contributed by atoms with Crippen LogP contribution in [0.4, 0.5) is 17.1 Å². The van der Waals surface area contributed by atoms with E-state index in [4.69, 9.17) is 14.6 Å². The third-order valence-electron chi connectivity index (χ3n) is 5.91. The summed E-state index contributed by atoms with van der Waals surface area (Å²) in [7, 11) is 0. The van der Waals surface area contributed by atoms with Gasteiger partial charge in [-0.25, -0.2) is 9.78 Å². The van der Waals surface area contributed by atoms with Crippen LogP contribution in [0.3, 0.4) is 0 Å². The van der Waals surface area contributed by atoms with Gasteiger partial charge < -0.3 is 19.5 Å². The average Bonchev–Trinajstić information content (AvgIpc) is 2.94. The van der Waals surface area contributed by atoms with E-state index in [0.717, 1.165) is 48.3 Å². The number of aromatic carboxylic acids is 1. The molecule has 0 saturated heterocycles. The van der Waals surface area contributed by atoms with Gasteiger partial charge in [-0.2, -0.15) is 0 Å². The topological polar surface area (TPSA) is 71.9 Å². The molecule has 0 bridgehead atoms. The number of pyridine rings is 1. The molecule has 0 atom stereocenters. The van der Waals surface area contributed by atoms with Gasteiger partial charge in [0.05, 0.1) is 13.2 Å². The molecule has 1 aromatic heterocycles. The highest BCUT2D eigenvalue weighted by molar-refractivity contribution is 5.88. The Labute approximate surface area is 218 Å². The maximum absolute atomic E-state index is 11.2. The fourth-order valence-corrected chi connectivity index (χ4v) is 4.04. The summed E-state index contributed by atoms with van der Waals surface area (Å²) >= 11 is 0. The fraction of sp³-hybridized carbons (Fsp3) is 0.226. The zero-order chi connectivity index (χ0) is 25.7. The second kappa shape index (κ2) is 13.8. The number of hydrogen-bond acceptors (Lipinski definition) is 5. The van der Waals surface area contributed by atoms with E-state index >= 15 is 0 Å². The standard InChI is InChI=1S/C31H32N2O4/c34-31(35)30-29(16-11-21-32-30)37-23-10-2-1-9-22-36-24-25-17-19-28(20-18-25)33(26-12-5-3-6-13-26)27-14-7-4-8-15-27/h3-8,11-21H,1-2,9-10,22-24H2,(H,34,35). The highest BCUT2D eigenvalue weighted by Gasteiger charge is 2.12. The first-order valence-corrected chi connectivity index (χ1v) is 12.6. The number of carbonyl (C=O) groups is 1. The van der Waals surface area contributed by atoms with Crippen molar-refractivity contribution in [3.63, 3.8) is 0 Å². The van der Waals surface area contributed by atoms with Gasteiger partial charge in [0, 0.05) is 29.9 Å².